The lowest BCUT2D eigenvalue weighted by Gasteiger charge is -2.14. The van der Waals surface area contributed by atoms with Crippen LogP contribution in [0.1, 0.15) is 34.8 Å². The predicted molar refractivity (Wildman–Crippen MR) is 90.1 cm³/mol. The van der Waals surface area contributed by atoms with Crippen LogP contribution < -0.4 is 10.6 Å². The number of benzene rings is 2. The number of halogens is 1. The monoisotopic (exact) mass is 328 g/mol. The summed E-state index contributed by atoms with van der Waals surface area (Å²) < 4.78 is 13.6. The molecule has 126 valence electrons. The molecule has 2 aromatic rings. The maximum atomic E-state index is 13.6. The fraction of sp³-hybridized carbons (Fsp3) is 0.316. The van der Waals surface area contributed by atoms with Crippen LogP contribution in [0.3, 0.4) is 0 Å². The summed E-state index contributed by atoms with van der Waals surface area (Å²) in [4.78, 5) is 11.8. The Morgan fingerprint density at radius 1 is 1.12 bits per heavy atom. The number of aliphatic hydroxyl groups is 1. The number of nitrogens with one attached hydrogen (secondary N) is 2. The van der Waals surface area contributed by atoms with Crippen molar-refractivity contribution in [2.24, 2.45) is 0 Å². The fourth-order valence-electron chi connectivity index (χ4n) is 3.02. The van der Waals surface area contributed by atoms with Gasteiger partial charge in [0.2, 0.25) is 0 Å². The first kappa shape index (κ1) is 16.5. The second-order valence-electron chi connectivity index (χ2n) is 6.06. The Morgan fingerprint density at radius 2 is 1.92 bits per heavy atom. The maximum absolute atomic E-state index is 13.6. The van der Waals surface area contributed by atoms with Gasteiger partial charge in [0.15, 0.2) is 0 Å². The minimum Gasteiger partial charge on any atom is -0.386 e. The van der Waals surface area contributed by atoms with E-state index < -0.39 is 11.9 Å². The zero-order chi connectivity index (χ0) is 16.9. The van der Waals surface area contributed by atoms with Crippen LogP contribution in [-0.2, 0) is 19.4 Å². The van der Waals surface area contributed by atoms with Gasteiger partial charge in [-0.2, -0.15) is 0 Å². The van der Waals surface area contributed by atoms with Gasteiger partial charge in [-0.1, -0.05) is 36.4 Å². The molecule has 2 amide bonds. The number of hydrogen-bond donors (Lipinski definition) is 3. The van der Waals surface area contributed by atoms with Crippen LogP contribution in [0.25, 0.3) is 0 Å². The number of aryl methyl sites for hydroxylation is 2. The van der Waals surface area contributed by atoms with Crippen LogP contribution in [0, 0.1) is 5.82 Å². The van der Waals surface area contributed by atoms with E-state index in [0.717, 1.165) is 18.4 Å². The van der Waals surface area contributed by atoms with Crippen LogP contribution in [-0.4, -0.2) is 17.7 Å². The molecule has 5 heteroatoms. The molecular weight excluding hydrogens is 307 g/mol. The van der Waals surface area contributed by atoms with Crippen molar-refractivity contribution in [3.63, 3.8) is 0 Å². The molecule has 1 unspecified atom stereocenters. The van der Waals surface area contributed by atoms with E-state index in [1.165, 1.54) is 29.7 Å². The summed E-state index contributed by atoms with van der Waals surface area (Å²) in [5.41, 5.74) is 4.00. The highest BCUT2D eigenvalue weighted by Crippen LogP contribution is 2.22. The van der Waals surface area contributed by atoms with E-state index in [4.69, 9.17) is 0 Å². The molecule has 0 fully saturated rings. The largest absolute Gasteiger partial charge is 0.386 e. The summed E-state index contributed by atoms with van der Waals surface area (Å²) in [6, 6.07) is 11.9. The van der Waals surface area contributed by atoms with E-state index in [1.54, 1.807) is 12.1 Å². The first-order valence-electron chi connectivity index (χ1n) is 8.18. The van der Waals surface area contributed by atoms with E-state index in [2.05, 4.69) is 22.8 Å². The van der Waals surface area contributed by atoms with Crippen LogP contribution in [0.5, 0.6) is 0 Å². The quantitative estimate of drug-likeness (QED) is 0.790. The Bertz CT molecular complexity index is 733. The van der Waals surface area contributed by atoms with Gasteiger partial charge >= 0.3 is 6.03 Å². The lowest BCUT2D eigenvalue weighted by atomic mass is 10.1. The van der Waals surface area contributed by atoms with Crippen LogP contribution in [0.2, 0.25) is 0 Å². The predicted octanol–water partition coefficient (Wildman–Crippen LogP) is 2.85. The highest BCUT2D eigenvalue weighted by atomic mass is 19.1. The molecule has 1 atom stereocenters. The number of fused-ring (bicyclic) bond motifs is 1. The second kappa shape index (κ2) is 7.45. The summed E-state index contributed by atoms with van der Waals surface area (Å²) in [7, 11) is 0. The molecule has 0 saturated heterocycles. The molecule has 3 rings (SSSR count). The van der Waals surface area contributed by atoms with Gasteiger partial charge in [0.1, 0.15) is 5.82 Å². The smallest absolute Gasteiger partial charge is 0.315 e. The Hall–Kier alpha value is -2.40. The van der Waals surface area contributed by atoms with Gasteiger partial charge in [-0.05, 0) is 42.0 Å². The average Bonchev–Trinajstić information content (AvgIpc) is 3.06. The molecule has 0 radical (unpaired) electrons. The molecule has 24 heavy (non-hydrogen) atoms. The third-order valence-electron chi connectivity index (χ3n) is 4.34. The Labute approximate surface area is 140 Å². The standard InChI is InChI=1S/C19H21FN2O2/c20-17-7-2-1-6-16(17)18(23)12-22-19(24)21-11-13-8-9-14-4-3-5-15(14)10-13/h1-2,6-10,18,23H,3-5,11-12H2,(H2,21,22,24). The highest BCUT2D eigenvalue weighted by Gasteiger charge is 2.14. The third-order valence-corrected chi connectivity index (χ3v) is 4.34. The lowest BCUT2D eigenvalue weighted by molar-refractivity contribution is 0.169. The SMILES string of the molecule is O=C(NCc1ccc2c(c1)CCC2)NCC(O)c1ccccc1F. The van der Waals surface area contributed by atoms with Crippen molar-refractivity contribution in [2.45, 2.75) is 31.9 Å². The van der Waals surface area contributed by atoms with Crippen molar-refractivity contribution in [1.29, 1.82) is 0 Å². The number of aliphatic hydroxyl groups excluding tert-OH is 1. The molecule has 1 aliphatic rings. The van der Waals surface area contributed by atoms with Gasteiger partial charge < -0.3 is 15.7 Å². The number of urea groups is 1. The van der Waals surface area contributed by atoms with Crippen molar-refractivity contribution in [3.8, 4) is 0 Å². The first-order chi connectivity index (χ1) is 11.6. The van der Waals surface area contributed by atoms with Crippen LogP contribution >= 0.6 is 0 Å². The lowest BCUT2D eigenvalue weighted by Crippen LogP contribution is -2.37. The Balaban J connectivity index is 1.47. The summed E-state index contributed by atoms with van der Waals surface area (Å²) >= 11 is 0. The highest BCUT2D eigenvalue weighted by molar-refractivity contribution is 5.73. The molecule has 0 heterocycles. The zero-order valence-corrected chi connectivity index (χ0v) is 13.4. The van der Waals surface area contributed by atoms with Crippen molar-refractivity contribution in [3.05, 3.63) is 70.5 Å². The number of rotatable bonds is 5. The molecule has 3 N–H and O–H groups in total. The van der Waals surface area contributed by atoms with E-state index in [-0.39, 0.29) is 18.1 Å². The maximum Gasteiger partial charge on any atom is 0.315 e. The van der Waals surface area contributed by atoms with Crippen molar-refractivity contribution >= 4 is 6.03 Å². The first-order valence-corrected chi connectivity index (χ1v) is 8.18. The second-order valence-corrected chi connectivity index (χ2v) is 6.06. The van der Waals surface area contributed by atoms with Crippen molar-refractivity contribution in [1.82, 2.24) is 10.6 Å². The number of carbonyl (C=O) groups excluding carboxylic acids is 1. The van der Waals surface area contributed by atoms with E-state index in [9.17, 15) is 14.3 Å². The van der Waals surface area contributed by atoms with E-state index in [0.29, 0.717) is 6.54 Å². The zero-order valence-electron chi connectivity index (χ0n) is 13.4. The average molecular weight is 328 g/mol. The van der Waals surface area contributed by atoms with E-state index in [1.807, 2.05) is 6.07 Å². The molecule has 0 bridgehead atoms. The van der Waals surface area contributed by atoms with Gasteiger partial charge in [-0.3, -0.25) is 0 Å². The summed E-state index contributed by atoms with van der Waals surface area (Å²) in [5.74, 6) is -0.481. The molecule has 0 spiro atoms. The van der Waals surface area contributed by atoms with E-state index >= 15 is 0 Å². The molecule has 0 saturated carbocycles. The van der Waals surface area contributed by atoms with Crippen LogP contribution in [0.15, 0.2) is 42.5 Å². The molecule has 0 aromatic heterocycles. The summed E-state index contributed by atoms with van der Waals surface area (Å²) in [5, 5.41) is 15.3. The van der Waals surface area contributed by atoms with Gasteiger partial charge in [0.05, 0.1) is 6.10 Å². The van der Waals surface area contributed by atoms with Gasteiger partial charge in [0.25, 0.3) is 0 Å². The number of carbonyl (C=O) groups is 1. The number of amides is 2. The van der Waals surface area contributed by atoms with Crippen molar-refractivity contribution < 1.29 is 14.3 Å². The molecule has 2 aromatic carbocycles. The van der Waals surface area contributed by atoms with Crippen molar-refractivity contribution in [2.75, 3.05) is 6.54 Å². The minimum absolute atomic E-state index is 0.0447. The van der Waals surface area contributed by atoms with Crippen LogP contribution in [0.4, 0.5) is 9.18 Å². The molecular formula is C19H21FN2O2. The minimum atomic E-state index is -1.07. The Kier molecular flexibility index (Phi) is 5.11. The fourth-order valence-corrected chi connectivity index (χ4v) is 3.02. The molecule has 1 aliphatic carbocycles. The third kappa shape index (κ3) is 3.92. The van der Waals surface area contributed by atoms with Gasteiger partial charge in [0, 0.05) is 18.7 Å². The molecule has 0 aliphatic heterocycles. The normalized spacial score (nSPS) is 14.1. The number of hydrogen-bond acceptors (Lipinski definition) is 2. The summed E-state index contributed by atoms with van der Waals surface area (Å²) in [6.07, 6.45) is 2.36. The Morgan fingerprint density at radius 3 is 2.75 bits per heavy atom. The molecule has 4 nitrogen and oxygen atoms in total. The summed E-state index contributed by atoms with van der Waals surface area (Å²) in [6.45, 7) is 0.381. The topological polar surface area (TPSA) is 61.4 Å². The van der Waals surface area contributed by atoms with Gasteiger partial charge in [-0.15, -0.1) is 0 Å². The van der Waals surface area contributed by atoms with Gasteiger partial charge in [-0.25, -0.2) is 9.18 Å².